The van der Waals surface area contributed by atoms with Crippen molar-refractivity contribution in [2.45, 2.75) is 12.0 Å². The quantitative estimate of drug-likeness (QED) is 0.471. The molecule has 0 bridgehead atoms. The van der Waals surface area contributed by atoms with E-state index in [2.05, 4.69) is 4.98 Å². The Morgan fingerprint density at radius 2 is 1.63 bits per heavy atom. The summed E-state index contributed by atoms with van der Waals surface area (Å²) in [5.74, 6) is -0.813. The van der Waals surface area contributed by atoms with Crippen molar-refractivity contribution >= 4 is 28.2 Å². The first kappa shape index (κ1) is 17.5. The van der Waals surface area contributed by atoms with Crippen molar-refractivity contribution in [2.75, 3.05) is 0 Å². The van der Waals surface area contributed by atoms with Crippen molar-refractivity contribution in [2.24, 2.45) is 0 Å². The number of benzene rings is 3. The van der Waals surface area contributed by atoms with Gasteiger partial charge < -0.3 is 10.1 Å². The Kier molecular flexibility index (Phi) is 4.80. The Balaban J connectivity index is 1.72. The predicted octanol–water partition coefficient (Wildman–Crippen LogP) is 5.20. The summed E-state index contributed by atoms with van der Waals surface area (Å²) in [6.07, 6.45) is 0.567. The van der Waals surface area contributed by atoms with E-state index in [9.17, 15) is 9.90 Å². The monoisotopic (exact) mass is 375 g/mol. The molecule has 0 amide bonds. The van der Waals surface area contributed by atoms with E-state index in [0.717, 1.165) is 22.0 Å². The Labute approximate surface area is 162 Å². The van der Waals surface area contributed by atoms with E-state index in [4.69, 9.17) is 11.6 Å². The third-order valence-electron chi connectivity index (χ3n) is 4.80. The molecule has 3 aromatic carbocycles. The van der Waals surface area contributed by atoms with E-state index < -0.39 is 12.0 Å². The van der Waals surface area contributed by atoms with Crippen LogP contribution in [0.1, 0.15) is 27.5 Å². The van der Waals surface area contributed by atoms with Gasteiger partial charge in [-0.1, -0.05) is 60.1 Å². The number of ketones is 1. The molecule has 0 aliphatic carbocycles. The number of fused-ring (bicyclic) bond motifs is 1. The number of aliphatic hydroxyl groups is 1. The van der Waals surface area contributed by atoms with E-state index in [1.54, 1.807) is 24.4 Å². The highest BCUT2D eigenvalue weighted by molar-refractivity contribution is 6.30. The van der Waals surface area contributed by atoms with Gasteiger partial charge in [0, 0.05) is 22.5 Å². The predicted molar refractivity (Wildman–Crippen MR) is 108 cm³/mol. The summed E-state index contributed by atoms with van der Waals surface area (Å²) in [5.41, 5.74) is 2.09. The molecule has 0 saturated heterocycles. The summed E-state index contributed by atoms with van der Waals surface area (Å²) >= 11 is 6.00. The minimum Gasteiger partial charge on any atom is -0.384 e. The zero-order valence-electron chi connectivity index (χ0n) is 14.5. The lowest BCUT2D eigenvalue weighted by atomic mass is 9.86. The molecule has 27 heavy (non-hydrogen) atoms. The van der Waals surface area contributed by atoms with Crippen LogP contribution in [-0.4, -0.2) is 22.0 Å². The summed E-state index contributed by atoms with van der Waals surface area (Å²) in [6.45, 7) is 0. The Morgan fingerprint density at radius 1 is 0.889 bits per heavy atom. The fourth-order valence-corrected chi connectivity index (χ4v) is 3.53. The van der Waals surface area contributed by atoms with Crippen molar-refractivity contribution in [3.8, 4) is 0 Å². The minimum absolute atomic E-state index is 0.310. The van der Waals surface area contributed by atoms with Gasteiger partial charge in [0.1, 0.15) is 6.10 Å². The van der Waals surface area contributed by atoms with Crippen LogP contribution < -0.4 is 0 Å². The normalized spacial score (nSPS) is 13.4. The lowest BCUT2D eigenvalue weighted by Crippen LogP contribution is -2.29. The van der Waals surface area contributed by atoms with Crippen LogP contribution in [0.5, 0.6) is 0 Å². The van der Waals surface area contributed by atoms with E-state index in [1.807, 2.05) is 60.7 Å². The average Bonchev–Trinajstić information content (AvgIpc) is 3.23. The summed E-state index contributed by atoms with van der Waals surface area (Å²) in [7, 11) is 0. The third kappa shape index (κ3) is 3.52. The molecule has 4 aromatic rings. The number of aromatic nitrogens is 1. The van der Waals surface area contributed by atoms with Crippen LogP contribution in [-0.2, 0) is 0 Å². The summed E-state index contributed by atoms with van der Waals surface area (Å²) in [5, 5.41) is 13.6. The highest BCUT2D eigenvalue weighted by Crippen LogP contribution is 2.30. The molecular weight excluding hydrogens is 358 g/mol. The number of hydrogen-bond donors (Lipinski definition) is 2. The molecule has 0 fully saturated rings. The van der Waals surface area contributed by atoms with Crippen LogP contribution in [0.4, 0.5) is 0 Å². The number of nitrogens with one attached hydrogen (secondary N) is 1. The molecule has 4 rings (SSSR count). The van der Waals surface area contributed by atoms with Gasteiger partial charge in [0.2, 0.25) is 0 Å². The lowest BCUT2D eigenvalue weighted by Gasteiger charge is -2.22. The second-order valence-electron chi connectivity index (χ2n) is 6.53. The number of carbonyl (C=O) groups is 1. The van der Waals surface area contributed by atoms with Gasteiger partial charge in [-0.15, -0.1) is 0 Å². The molecule has 134 valence electrons. The maximum Gasteiger partial charge on any atom is 0.192 e. The average molecular weight is 376 g/mol. The second-order valence-corrected chi connectivity index (χ2v) is 6.96. The van der Waals surface area contributed by atoms with Crippen LogP contribution in [0, 0.1) is 0 Å². The fraction of sp³-hybridized carbons (Fsp3) is 0.0870. The highest BCUT2D eigenvalue weighted by Gasteiger charge is 2.30. The van der Waals surface area contributed by atoms with Gasteiger partial charge in [-0.05, 0) is 46.7 Å². The molecule has 3 nitrogen and oxygen atoms in total. The van der Waals surface area contributed by atoms with Crippen molar-refractivity contribution in [3.05, 3.63) is 107 Å². The number of aliphatic hydroxyl groups excluding tert-OH is 1. The lowest BCUT2D eigenvalue weighted by molar-refractivity contribution is 0.0713. The first-order chi connectivity index (χ1) is 13.1. The summed E-state index contributed by atoms with van der Waals surface area (Å²) < 4.78 is 0. The molecule has 4 heteroatoms. The Morgan fingerprint density at radius 3 is 2.33 bits per heavy atom. The maximum atomic E-state index is 13.1. The molecule has 0 radical (unpaired) electrons. The molecule has 0 aliphatic heterocycles. The SMILES string of the molecule is O=C(c1ccc2ccccc2c1)[C@H](O)[C@@H](c1ccc(Cl)cc1)c1ccc[nH]1. The van der Waals surface area contributed by atoms with Gasteiger partial charge in [-0.3, -0.25) is 4.79 Å². The Hall–Kier alpha value is -2.88. The van der Waals surface area contributed by atoms with Gasteiger partial charge in [-0.2, -0.15) is 0 Å². The number of halogens is 1. The number of Topliss-reactive ketones (excluding diaryl/α,β-unsaturated/α-hetero) is 1. The highest BCUT2D eigenvalue weighted by atomic mass is 35.5. The van der Waals surface area contributed by atoms with Gasteiger partial charge >= 0.3 is 0 Å². The van der Waals surface area contributed by atoms with Gasteiger partial charge in [0.15, 0.2) is 5.78 Å². The molecule has 0 unspecified atom stereocenters. The summed E-state index contributed by atoms with van der Waals surface area (Å²) in [4.78, 5) is 16.2. The van der Waals surface area contributed by atoms with Crippen LogP contribution in [0.3, 0.4) is 0 Å². The van der Waals surface area contributed by atoms with Gasteiger partial charge in [0.25, 0.3) is 0 Å². The zero-order valence-corrected chi connectivity index (χ0v) is 15.2. The molecule has 0 saturated carbocycles. The van der Waals surface area contributed by atoms with Crippen LogP contribution in [0.2, 0.25) is 5.02 Å². The van der Waals surface area contributed by atoms with Crippen molar-refractivity contribution < 1.29 is 9.90 Å². The first-order valence-corrected chi connectivity index (χ1v) is 9.11. The van der Waals surface area contributed by atoms with Crippen molar-refractivity contribution in [3.63, 3.8) is 0 Å². The smallest absolute Gasteiger partial charge is 0.192 e. The number of H-pyrrole nitrogens is 1. The second kappa shape index (κ2) is 7.39. The van der Waals surface area contributed by atoms with Crippen molar-refractivity contribution in [1.82, 2.24) is 4.98 Å². The number of hydrogen-bond acceptors (Lipinski definition) is 2. The third-order valence-corrected chi connectivity index (χ3v) is 5.06. The fourth-order valence-electron chi connectivity index (χ4n) is 3.40. The van der Waals surface area contributed by atoms with Crippen molar-refractivity contribution in [1.29, 1.82) is 0 Å². The minimum atomic E-state index is -1.22. The van der Waals surface area contributed by atoms with E-state index in [1.165, 1.54) is 0 Å². The molecule has 1 heterocycles. The van der Waals surface area contributed by atoms with Gasteiger partial charge in [-0.25, -0.2) is 0 Å². The number of rotatable bonds is 5. The zero-order chi connectivity index (χ0) is 18.8. The largest absolute Gasteiger partial charge is 0.384 e. The first-order valence-electron chi connectivity index (χ1n) is 8.73. The standard InChI is InChI=1S/C23H18ClNO2/c24-19-11-9-16(10-12-19)21(20-6-3-13-25-20)23(27)22(26)18-8-7-15-4-1-2-5-17(15)14-18/h1-14,21,23,25,27H/t21-,23+/m0/s1. The maximum absolute atomic E-state index is 13.1. The number of aromatic amines is 1. The van der Waals surface area contributed by atoms with Crippen LogP contribution in [0.15, 0.2) is 85.1 Å². The molecule has 2 atom stereocenters. The summed E-state index contributed by atoms with van der Waals surface area (Å²) in [6, 6.07) is 24.3. The van der Waals surface area contributed by atoms with Crippen LogP contribution in [0.25, 0.3) is 10.8 Å². The van der Waals surface area contributed by atoms with E-state index in [-0.39, 0.29) is 5.78 Å². The number of carbonyl (C=O) groups excluding carboxylic acids is 1. The van der Waals surface area contributed by atoms with E-state index >= 15 is 0 Å². The Bertz CT molecular complexity index is 1070. The molecule has 0 spiro atoms. The van der Waals surface area contributed by atoms with Crippen LogP contribution >= 0.6 is 11.6 Å². The van der Waals surface area contributed by atoms with Gasteiger partial charge in [0.05, 0.1) is 5.92 Å². The van der Waals surface area contributed by atoms with E-state index in [0.29, 0.717) is 10.6 Å². The topological polar surface area (TPSA) is 53.1 Å². The molecule has 0 aliphatic rings. The molecule has 1 aromatic heterocycles. The molecule has 2 N–H and O–H groups in total. The molecular formula is C23H18ClNO2.